The number of hydrogen-bond donors (Lipinski definition) is 1. The average molecular weight is 209 g/mol. The second kappa shape index (κ2) is 4.01. The van der Waals surface area contributed by atoms with Gasteiger partial charge in [0.25, 0.3) is 0 Å². The Morgan fingerprint density at radius 2 is 2.36 bits per heavy atom. The number of fused-ring (bicyclic) bond motifs is 1. The maximum Gasteiger partial charge on any atom is 0.126 e. The highest BCUT2D eigenvalue weighted by atomic mass is 35.5. The molecule has 0 aliphatic heterocycles. The molecule has 0 amide bonds. The SMILES string of the molecule is C=C(Cl)CNc1ccc2c(n1)CCC2. The monoisotopic (exact) mass is 208 g/mol. The number of pyridine rings is 1. The zero-order valence-electron chi connectivity index (χ0n) is 8.02. The minimum atomic E-state index is 0.577. The molecular weight excluding hydrogens is 196 g/mol. The molecule has 2 nitrogen and oxygen atoms in total. The molecule has 0 saturated carbocycles. The van der Waals surface area contributed by atoms with Crippen molar-refractivity contribution in [3.63, 3.8) is 0 Å². The molecule has 1 aromatic heterocycles. The number of nitrogens with one attached hydrogen (secondary N) is 1. The summed E-state index contributed by atoms with van der Waals surface area (Å²) in [5.74, 6) is 0.896. The van der Waals surface area contributed by atoms with E-state index in [9.17, 15) is 0 Å². The summed E-state index contributed by atoms with van der Waals surface area (Å²) in [6.07, 6.45) is 3.51. The number of anilines is 1. The van der Waals surface area contributed by atoms with Gasteiger partial charge < -0.3 is 5.32 Å². The standard InChI is InChI=1S/C11H13ClN2/c1-8(12)7-13-11-6-5-9-3-2-4-10(9)14-11/h5-6H,1-4,7H2,(H,13,14). The highest BCUT2D eigenvalue weighted by Crippen LogP contribution is 2.21. The summed E-state index contributed by atoms with van der Waals surface area (Å²) in [6.45, 7) is 4.19. The van der Waals surface area contributed by atoms with Crippen LogP contribution in [0.4, 0.5) is 5.82 Å². The predicted molar refractivity (Wildman–Crippen MR) is 59.7 cm³/mol. The minimum Gasteiger partial charge on any atom is -0.365 e. The second-order valence-corrected chi connectivity index (χ2v) is 4.06. The number of hydrogen-bond acceptors (Lipinski definition) is 2. The van der Waals surface area contributed by atoms with Crippen LogP contribution in [0.5, 0.6) is 0 Å². The van der Waals surface area contributed by atoms with Crippen LogP contribution in [-0.4, -0.2) is 11.5 Å². The van der Waals surface area contributed by atoms with E-state index in [1.807, 2.05) is 6.07 Å². The van der Waals surface area contributed by atoms with Gasteiger partial charge >= 0.3 is 0 Å². The van der Waals surface area contributed by atoms with Crippen LogP contribution in [0.3, 0.4) is 0 Å². The number of aryl methyl sites for hydroxylation is 2. The van der Waals surface area contributed by atoms with Gasteiger partial charge in [-0.05, 0) is 30.9 Å². The van der Waals surface area contributed by atoms with Crippen molar-refractivity contribution >= 4 is 17.4 Å². The van der Waals surface area contributed by atoms with Gasteiger partial charge in [0.2, 0.25) is 0 Å². The Morgan fingerprint density at radius 1 is 1.50 bits per heavy atom. The Hall–Kier alpha value is -1.02. The molecular formula is C11H13ClN2. The molecule has 0 atom stereocenters. The molecule has 0 aromatic carbocycles. The average Bonchev–Trinajstić information content (AvgIpc) is 2.61. The highest BCUT2D eigenvalue weighted by Gasteiger charge is 2.11. The van der Waals surface area contributed by atoms with Crippen molar-refractivity contribution in [1.29, 1.82) is 0 Å². The molecule has 0 fully saturated rings. The molecule has 1 heterocycles. The smallest absolute Gasteiger partial charge is 0.126 e. The first-order valence-electron chi connectivity index (χ1n) is 4.81. The third-order valence-electron chi connectivity index (χ3n) is 2.39. The van der Waals surface area contributed by atoms with E-state index in [1.165, 1.54) is 24.1 Å². The van der Waals surface area contributed by atoms with E-state index in [0.29, 0.717) is 11.6 Å². The summed E-state index contributed by atoms with van der Waals surface area (Å²) >= 11 is 5.66. The first kappa shape index (κ1) is 9.53. The molecule has 0 radical (unpaired) electrons. The van der Waals surface area contributed by atoms with Gasteiger partial charge in [-0.15, -0.1) is 0 Å². The van der Waals surface area contributed by atoms with Crippen molar-refractivity contribution in [3.8, 4) is 0 Å². The lowest BCUT2D eigenvalue weighted by atomic mass is 10.2. The second-order valence-electron chi connectivity index (χ2n) is 3.53. The molecule has 0 unspecified atom stereocenters. The summed E-state index contributed by atoms with van der Waals surface area (Å²) in [4.78, 5) is 4.51. The summed E-state index contributed by atoms with van der Waals surface area (Å²) in [5, 5.41) is 3.74. The zero-order chi connectivity index (χ0) is 9.97. The molecule has 2 rings (SSSR count). The van der Waals surface area contributed by atoms with E-state index in [0.717, 1.165) is 12.2 Å². The third kappa shape index (κ3) is 2.07. The number of rotatable bonds is 3. The van der Waals surface area contributed by atoms with E-state index in [-0.39, 0.29) is 0 Å². The van der Waals surface area contributed by atoms with E-state index in [2.05, 4.69) is 22.9 Å². The van der Waals surface area contributed by atoms with Crippen molar-refractivity contribution in [1.82, 2.24) is 4.98 Å². The van der Waals surface area contributed by atoms with Gasteiger partial charge in [-0.2, -0.15) is 0 Å². The maximum absolute atomic E-state index is 5.66. The third-order valence-corrected chi connectivity index (χ3v) is 2.52. The Kier molecular flexibility index (Phi) is 2.73. The first-order chi connectivity index (χ1) is 6.75. The highest BCUT2D eigenvalue weighted by molar-refractivity contribution is 6.29. The Labute approximate surface area is 89.0 Å². The Balaban J connectivity index is 2.09. The molecule has 3 heteroatoms. The molecule has 0 spiro atoms. The van der Waals surface area contributed by atoms with Crippen LogP contribution in [0.1, 0.15) is 17.7 Å². The van der Waals surface area contributed by atoms with Crippen LogP contribution in [0, 0.1) is 0 Å². The van der Waals surface area contributed by atoms with Gasteiger partial charge in [0.1, 0.15) is 5.82 Å². The minimum absolute atomic E-state index is 0.577. The molecule has 0 bridgehead atoms. The predicted octanol–water partition coefficient (Wildman–Crippen LogP) is 2.73. The molecule has 14 heavy (non-hydrogen) atoms. The molecule has 74 valence electrons. The summed E-state index contributed by atoms with van der Waals surface area (Å²) in [6, 6.07) is 4.15. The van der Waals surface area contributed by atoms with Crippen LogP contribution in [0.2, 0.25) is 0 Å². The normalized spacial score (nSPS) is 13.8. The van der Waals surface area contributed by atoms with Gasteiger partial charge in [-0.3, -0.25) is 0 Å². The quantitative estimate of drug-likeness (QED) is 0.827. The fourth-order valence-electron chi connectivity index (χ4n) is 1.71. The van der Waals surface area contributed by atoms with Gasteiger partial charge in [-0.1, -0.05) is 24.2 Å². The first-order valence-corrected chi connectivity index (χ1v) is 5.19. The zero-order valence-corrected chi connectivity index (χ0v) is 8.77. The fraction of sp³-hybridized carbons (Fsp3) is 0.364. The Morgan fingerprint density at radius 3 is 3.14 bits per heavy atom. The maximum atomic E-state index is 5.66. The van der Waals surface area contributed by atoms with Crippen molar-refractivity contribution in [2.45, 2.75) is 19.3 Å². The van der Waals surface area contributed by atoms with E-state index >= 15 is 0 Å². The van der Waals surface area contributed by atoms with Crippen LogP contribution in [0.25, 0.3) is 0 Å². The Bertz CT molecular complexity index is 360. The van der Waals surface area contributed by atoms with Gasteiger partial charge in [0, 0.05) is 10.7 Å². The van der Waals surface area contributed by atoms with Gasteiger partial charge in [0.05, 0.1) is 6.54 Å². The summed E-state index contributed by atoms with van der Waals surface area (Å²) in [7, 11) is 0. The van der Waals surface area contributed by atoms with Crippen LogP contribution >= 0.6 is 11.6 Å². The van der Waals surface area contributed by atoms with E-state index in [4.69, 9.17) is 11.6 Å². The van der Waals surface area contributed by atoms with Crippen molar-refractivity contribution in [3.05, 3.63) is 35.0 Å². The topological polar surface area (TPSA) is 24.9 Å². The van der Waals surface area contributed by atoms with Crippen LogP contribution < -0.4 is 5.32 Å². The van der Waals surface area contributed by atoms with E-state index in [1.54, 1.807) is 0 Å². The lowest BCUT2D eigenvalue weighted by Crippen LogP contribution is -2.04. The number of nitrogens with zero attached hydrogens (tertiary/aromatic N) is 1. The number of aromatic nitrogens is 1. The fourth-order valence-corrected chi connectivity index (χ4v) is 1.77. The van der Waals surface area contributed by atoms with Gasteiger partial charge in [-0.25, -0.2) is 4.98 Å². The molecule has 1 aliphatic carbocycles. The van der Waals surface area contributed by atoms with Crippen molar-refractivity contribution in [2.24, 2.45) is 0 Å². The van der Waals surface area contributed by atoms with Gasteiger partial charge in [0.15, 0.2) is 0 Å². The van der Waals surface area contributed by atoms with Crippen molar-refractivity contribution in [2.75, 3.05) is 11.9 Å². The largest absolute Gasteiger partial charge is 0.365 e. The summed E-state index contributed by atoms with van der Waals surface area (Å²) < 4.78 is 0. The lowest BCUT2D eigenvalue weighted by molar-refractivity contribution is 0.899. The van der Waals surface area contributed by atoms with Crippen molar-refractivity contribution < 1.29 is 0 Å². The molecule has 1 aromatic rings. The molecule has 0 saturated heterocycles. The van der Waals surface area contributed by atoms with Crippen LogP contribution in [0.15, 0.2) is 23.7 Å². The lowest BCUT2D eigenvalue weighted by Gasteiger charge is -2.05. The number of halogens is 1. The van der Waals surface area contributed by atoms with Crippen LogP contribution in [-0.2, 0) is 12.8 Å². The van der Waals surface area contributed by atoms with E-state index < -0.39 is 0 Å². The summed E-state index contributed by atoms with van der Waals surface area (Å²) in [5.41, 5.74) is 2.62. The molecule has 1 aliphatic rings. The molecule has 1 N–H and O–H groups in total.